The molecule has 1 heterocycles. The Balaban J connectivity index is 1.49. The van der Waals surface area contributed by atoms with Crippen molar-refractivity contribution < 1.29 is 9.59 Å². The summed E-state index contributed by atoms with van der Waals surface area (Å²) in [6.45, 7) is 6.33. The topological polar surface area (TPSA) is 61.4 Å². The number of hydrogen-bond donors (Lipinski definition) is 2. The zero-order valence-corrected chi connectivity index (χ0v) is 16.5. The van der Waals surface area contributed by atoms with Crippen LogP contribution in [0.4, 0.5) is 11.4 Å². The van der Waals surface area contributed by atoms with Gasteiger partial charge in [-0.2, -0.15) is 0 Å². The van der Waals surface area contributed by atoms with Crippen LogP contribution in [0.5, 0.6) is 0 Å². The Morgan fingerprint density at radius 1 is 1.22 bits per heavy atom. The Labute approximate surface area is 164 Å². The highest BCUT2D eigenvalue weighted by molar-refractivity contribution is 8.01. The first kappa shape index (κ1) is 19.3. The van der Waals surface area contributed by atoms with E-state index in [4.69, 9.17) is 0 Å². The second kappa shape index (κ2) is 8.95. The van der Waals surface area contributed by atoms with Crippen LogP contribution in [0.2, 0.25) is 0 Å². The molecule has 0 bridgehead atoms. The summed E-state index contributed by atoms with van der Waals surface area (Å²) in [6, 6.07) is 16.0. The predicted molar refractivity (Wildman–Crippen MR) is 111 cm³/mol. The number of anilines is 2. The van der Waals surface area contributed by atoms with Gasteiger partial charge in [-0.25, -0.2) is 0 Å². The first-order valence-electron chi connectivity index (χ1n) is 9.21. The number of carbonyl (C=O) groups excluding carboxylic acids is 2. The molecule has 3 rings (SSSR count). The molecular weight excluding hydrogens is 358 g/mol. The van der Waals surface area contributed by atoms with E-state index in [1.165, 1.54) is 17.3 Å². The molecule has 1 atom stereocenters. The van der Waals surface area contributed by atoms with Gasteiger partial charge >= 0.3 is 0 Å². The van der Waals surface area contributed by atoms with Gasteiger partial charge in [0.05, 0.1) is 10.9 Å². The van der Waals surface area contributed by atoms with Crippen LogP contribution in [-0.4, -0.2) is 36.7 Å². The summed E-state index contributed by atoms with van der Waals surface area (Å²) >= 11 is 1.45. The number of aryl methyl sites for hydroxylation is 1. The minimum Gasteiger partial charge on any atom is -0.370 e. The van der Waals surface area contributed by atoms with Crippen molar-refractivity contribution >= 4 is 35.0 Å². The largest absolute Gasteiger partial charge is 0.370 e. The number of thioether (sulfide) groups is 1. The molecule has 27 heavy (non-hydrogen) atoms. The van der Waals surface area contributed by atoms with Crippen molar-refractivity contribution in [1.82, 2.24) is 5.32 Å². The number of para-hydroxylation sites is 1. The number of likely N-dealkylation sites (N-methyl/N-ethyl adjacent to an activating group) is 1. The van der Waals surface area contributed by atoms with Crippen molar-refractivity contribution in [3.8, 4) is 0 Å². The monoisotopic (exact) mass is 383 g/mol. The van der Waals surface area contributed by atoms with Crippen LogP contribution in [0.3, 0.4) is 0 Å². The number of amides is 2. The van der Waals surface area contributed by atoms with Crippen LogP contribution in [0, 0.1) is 6.92 Å². The normalized spacial score (nSPS) is 15.6. The molecule has 2 aromatic rings. The summed E-state index contributed by atoms with van der Waals surface area (Å²) in [6.07, 6.45) is 0.182. The minimum absolute atomic E-state index is 0.0951. The molecule has 0 spiro atoms. The van der Waals surface area contributed by atoms with E-state index < -0.39 is 0 Å². The van der Waals surface area contributed by atoms with Crippen molar-refractivity contribution in [2.45, 2.75) is 30.4 Å². The first-order chi connectivity index (χ1) is 13.1. The van der Waals surface area contributed by atoms with Crippen molar-refractivity contribution in [2.75, 3.05) is 29.9 Å². The summed E-state index contributed by atoms with van der Waals surface area (Å²) in [5.41, 5.74) is 3.20. The Bertz CT molecular complexity index is 825. The van der Waals surface area contributed by atoms with Crippen LogP contribution in [0.25, 0.3) is 0 Å². The van der Waals surface area contributed by atoms with Crippen LogP contribution in [-0.2, 0) is 9.59 Å². The smallest absolute Gasteiger partial charge is 0.238 e. The molecule has 1 aliphatic rings. The van der Waals surface area contributed by atoms with Gasteiger partial charge in [0.15, 0.2) is 0 Å². The maximum absolute atomic E-state index is 12.3. The summed E-state index contributed by atoms with van der Waals surface area (Å²) in [5.74, 6) is -0.203. The molecule has 6 heteroatoms. The third-order valence-electron chi connectivity index (χ3n) is 4.53. The van der Waals surface area contributed by atoms with E-state index in [9.17, 15) is 9.59 Å². The number of fused-ring (bicyclic) bond motifs is 1. The molecule has 0 aliphatic carbocycles. The SMILES string of the molecule is CCN(CCNC(=O)C[C@@H]1Sc2ccccc2NC1=O)c1cccc(C)c1. The van der Waals surface area contributed by atoms with Gasteiger partial charge in [0.2, 0.25) is 11.8 Å². The van der Waals surface area contributed by atoms with Crippen LogP contribution >= 0.6 is 11.8 Å². The van der Waals surface area contributed by atoms with E-state index in [-0.39, 0.29) is 23.5 Å². The second-order valence-corrected chi connectivity index (χ2v) is 7.81. The predicted octanol–water partition coefficient (Wildman–Crippen LogP) is 3.44. The number of benzene rings is 2. The zero-order chi connectivity index (χ0) is 19.2. The van der Waals surface area contributed by atoms with E-state index in [0.29, 0.717) is 6.54 Å². The summed E-state index contributed by atoms with van der Waals surface area (Å²) in [4.78, 5) is 27.8. The molecule has 142 valence electrons. The summed E-state index contributed by atoms with van der Waals surface area (Å²) in [7, 11) is 0. The van der Waals surface area contributed by atoms with Gasteiger partial charge in [0.1, 0.15) is 0 Å². The van der Waals surface area contributed by atoms with Crippen molar-refractivity contribution in [3.05, 3.63) is 54.1 Å². The summed E-state index contributed by atoms with van der Waals surface area (Å²) in [5, 5.41) is 5.44. The molecule has 0 aromatic heterocycles. The lowest BCUT2D eigenvalue weighted by atomic mass is 10.2. The number of nitrogens with zero attached hydrogens (tertiary/aromatic N) is 1. The van der Waals surface area contributed by atoms with Crippen molar-refractivity contribution in [3.63, 3.8) is 0 Å². The van der Waals surface area contributed by atoms with E-state index in [1.54, 1.807) is 0 Å². The lowest BCUT2D eigenvalue weighted by Crippen LogP contribution is -2.38. The van der Waals surface area contributed by atoms with Gasteiger partial charge in [-0.3, -0.25) is 9.59 Å². The standard InChI is InChI=1S/C21H25N3O2S/c1-3-24(16-8-6-7-15(2)13-16)12-11-22-20(25)14-19-21(26)23-17-9-4-5-10-18(17)27-19/h4-10,13,19H,3,11-12,14H2,1-2H3,(H,22,25)(H,23,26)/t19-/m0/s1. The molecule has 1 aliphatic heterocycles. The highest BCUT2D eigenvalue weighted by Crippen LogP contribution is 2.36. The van der Waals surface area contributed by atoms with Gasteiger partial charge in [0.25, 0.3) is 0 Å². The van der Waals surface area contributed by atoms with E-state index in [0.717, 1.165) is 29.4 Å². The van der Waals surface area contributed by atoms with Gasteiger partial charge in [-0.05, 0) is 43.7 Å². The fourth-order valence-corrected chi connectivity index (χ4v) is 4.20. The number of nitrogens with one attached hydrogen (secondary N) is 2. The maximum atomic E-state index is 12.3. The first-order valence-corrected chi connectivity index (χ1v) is 10.1. The van der Waals surface area contributed by atoms with Crippen molar-refractivity contribution in [1.29, 1.82) is 0 Å². The zero-order valence-electron chi connectivity index (χ0n) is 15.7. The second-order valence-electron chi connectivity index (χ2n) is 6.56. The molecule has 0 unspecified atom stereocenters. The van der Waals surface area contributed by atoms with E-state index in [2.05, 4.69) is 47.6 Å². The van der Waals surface area contributed by atoms with Crippen LogP contribution in [0.1, 0.15) is 18.9 Å². The molecule has 0 fully saturated rings. The van der Waals surface area contributed by atoms with E-state index >= 15 is 0 Å². The number of carbonyl (C=O) groups is 2. The van der Waals surface area contributed by atoms with Gasteiger partial charge in [-0.15, -0.1) is 11.8 Å². The molecule has 0 saturated heterocycles. The average Bonchev–Trinajstić information content (AvgIpc) is 2.66. The number of rotatable bonds is 7. The fraction of sp³-hybridized carbons (Fsp3) is 0.333. The minimum atomic E-state index is -0.390. The molecule has 2 amide bonds. The Morgan fingerprint density at radius 2 is 2.04 bits per heavy atom. The maximum Gasteiger partial charge on any atom is 0.238 e. The lowest BCUT2D eigenvalue weighted by molar-refractivity contribution is -0.124. The quantitative estimate of drug-likeness (QED) is 0.769. The highest BCUT2D eigenvalue weighted by atomic mass is 32.2. The Morgan fingerprint density at radius 3 is 2.81 bits per heavy atom. The number of hydrogen-bond acceptors (Lipinski definition) is 4. The lowest BCUT2D eigenvalue weighted by Gasteiger charge is -2.25. The molecule has 0 saturated carbocycles. The molecule has 2 N–H and O–H groups in total. The highest BCUT2D eigenvalue weighted by Gasteiger charge is 2.28. The third kappa shape index (κ3) is 5.04. The molecular formula is C21H25N3O2S. The fourth-order valence-electron chi connectivity index (χ4n) is 3.09. The van der Waals surface area contributed by atoms with E-state index in [1.807, 2.05) is 30.3 Å². The van der Waals surface area contributed by atoms with Crippen LogP contribution in [0.15, 0.2) is 53.4 Å². The van der Waals surface area contributed by atoms with Gasteiger partial charge in [0, 0.05) is 36.6 Å². The summed E-state index contributed by atoms with van der Waals surface area (Å²) < 4.78 is 0. The average molecular weight is 384 g/mol. The molecule has 2 aromatic carbocycles. The molecule has 0 radical (unpaired) electrons. The Kier molecular flexibility index (Phi) is 6.40. The van der Waals surface area contributed by atoms with Crippen molar-refractivity contribution in [2.24, 2.45) is 0 Å². The Hall–Kier alpha value is -2.47. The third-order valence-corrected chi connectivity index (χ3v) is 5.80. The van der Waals surface area contributed by atoms with Gasteiger partial charge < -0.3 is 15.5 Å². The molecule has 5 nitrogen and oxygen atoms in total. The van der Waals surface area contributed by atoms with Gasteiger partial charge in [-0.1, -0.05) is 24.3 Å². The van der Waals surface area contributed by atoms with Crippen LogP contribution < -0.4 is 15.5 Å².